The quantitative estimate of drug-likeness (QED) is 0.0837. The number of carbonyl (C=O) groups excluding carboxylic acids is 4. The molecule has 14 heteroatoms. The minimum atomic E-state index is -0.518. The van der Waals surface area contributed by atoms with Crippen molar-refractivity contribution < 1.29 is 19.2 Å². The van der Waals surface area contributed by atoms with E-state index in [1.54, 1.807) is 24.3 Å². The van der Waals surface area contributed by atoms with E-state index in [2.05, 4.69) is 9.97 Å². The number of hydrogen-bond donors (Lipinski definition) is 0. The fourth-order valence-corrected chi connectivity index (χ4v) is 11.2. The van der Waals surface area contributed by atoms with Crippen LogP contribution in [-0.4, -0.2) is 43.6 Å². The SMILES string of the molecule is CC(C)c1cccc(C(C)C)c1N1C(=O)c2ccc3c4c(-c5cnc(Cl)c(Cl)n5)cc5c6c(ccc(c7c(-c8cnc(Cl)c(Cl)n8)cc(c2c37)C1=O)c64)C(=O)N(c1c(C(C)C)cccc1C(C)C)C5=O. The van der Waals surface area contributed by atoms with E-state index < -0.39 is 23.6 Å². The van der Waals surface area contributed by atoms with Crippen molar-refractivity contribution in [2.45, 2.75) is 79.1 Å². The first-order valence-corrected chi connectivity index (χ1v) is 24.6. The fourth-order valence-electron chi connectivity index (χ4n) is 10.8. The van der Waals surface area contributed by atoms with E-state index in [9.17, 15) is 0 Å². The van der Waals surface area contributed by atoms with Crippen LogP contribution in [0.3, 0.4) is 0 Å². The number of fused-ring (bicyclic) bond motifs is 2. The molecule has 0 spiro atoms. The Hall–Kier alpha value is -6.56. The molecule has 0 aliphatic carbocycles. The first-order chi connectivity index (χ1) is 33.4. The third-order valence-corrected chi connectivity index (χ3v) is 15.2. The summed E-state index contributed by atoms with van der Waals surface area (Å²) in [5.41, 5.74) is 7.17. The Bertz CT molecular complexity index is 3550. The number of carbonyl (C=O) groups is 4. The van der Waals surface area contributed by atoms with E-state index in [0.717, 1.165) is 22.3 Å². The summed E-state index contributed by atoms with van der Waals surface area (Å²) < 4.78 is 0. The molecule has 7 aromatic carbocycles. The van der Waals surface area contributed by atoms with Crippen LogP contribution in [0.5, 0.6) is 0 Å². The Morgan fingerprint density at radius 3 is 1.03 bits per heavy atom. The van der Waals surface area contributed by atoms with Crippen molar-refractivity contribution in [3.8, 4) is 22.5 Å². The van der Waals surface area contributed by atoms with Crippen molar-refractivity contribution in [2.24, 2.45) is 0 Å². The molecule has 0 saturated carbocycles. The predicted octanol–water partition coefficient (Wildman–Crippen LogP) is 15.4. The van der Waals surface area contributed by atoms with Crippen molar-refractivity contribution in [1.82, 2.24) is 19.9 Å². The maximum atomic E-state index is 15.6. The normalized spacial score (nSPS) is 14.0. The summed E-state index contributed by atoms with van der Waals surface area (Å²) in [5, 5.41) is 4.20. The molecule has 2 aliphatic rings. The van der Waals surface area contributed by atoms with Crippen LogP contribution in [0.1, 0.15) is 143 Å². The van der Waals surface area contributed by atoms with Crippen molar-refractivity contribution in [1.29, 1.82) is 0 Å². The van der Waals surface area contributed by atoms with Crippen LogP contribution in [0.4, 0.5) is 11.4 Å². The number of aromatic nitrogens is 4. The number of anilines is 2. The highest BCUT2D eigenvalue weighted by atomic mass is 35.5. The van der Waals surface area contributed by atoms with Crippen LogP contribution in [0.25, 0.3) is 65.6 Å². The van der Waals surface area contributed by atoms with Gasteiger partial charge in [0.15, 0.2) is 20.6 Å². The first-order valence-electron chi connectivity index (χ1n) is 23.1. The Morgan fingerprint density at radius 2 is 0.714 bits per heavy atom. The third kappa shape index (κ3) is 6.53. The van der Waals surface area contributed by atoms with Gasteiger partial charge in [0.1, 0.15) is 0 Å². The topological polar surface area (TPSA) is 126 Å². The lowest BCUT2D eigenvalue weighted by atomic mass is 9.78. The zero-order valence-corrected chi connectivity index (χ0v) is 42.2. The van der Waals surface area contributed by atoms with Crippen LogP contribution in [-0.2, 0) is 0 Å². The van der Waals surface area contributed by atoms with E-state index in [-0.39, 0.29) is 55.4 Å². The molecule has 9 aromatic rings. The molecule has 0 unspecified atom stereocenters. The van der Waals surface area contributed by atoms with Crippen LogP contribution < -0.4 is 9.80 Å². The summed E-state index contributed by atoms with van der Waals surface area (Å²) in [7, 11) is 0. The average molecular weight is 1000 g/mol. The zero-order valence-electron chi connectivity index (χ0n) is 39.2. The molecule has 0 atom stereocenters. The van der Waals surface area contributed by atoms with Crippen LogP contribution >= 0.6 is 46.4 Å². The van der Waals surface area contributed by atoms with Gasteiger partial charge in [-0.05, 0) is 91.7 Å². The van der Waals surface area contributed by atoms with Gasteiger partial charge in [0.05, 0.1) is 35.2 Å². The first kappa shape index (κ1) is 45.9. The molecule has 11 rings (SSSR count). The summed E-state index contributed by atoms with van der Waals surface area (Å²) in [6.45, 7) is 16.3. The molecule has 0 N–H and O–H groups in total. The monoisotopic (exact) mass is 1000 g/mol. The summed E-state index contributed by atoms with van der Waals surface area (Å²) in [4.78, 5) is 82.7. The predicted molar refractivity (Wildman–Crippen MR) is 281 cm³/mol. The number of amides is 4. The standard InChI is InChI=1S/C56H42Cl4N6O4/c1-23(2)27-11-9-12-28(24(3)4)47(27)65-53(67)33-17-15-31-42-36(40-22-62-50(58)52(60)64-40)20-38-44-34(54(68)66(56(38)70)48-29(25(5)6)13-10-14-30(48)26(7)8)18-16-32(46(42)44)41-35(39-21-61-49(57)51(59)63-39)19-37(55(65)69)43(33)45(31)41/h9-26H,1-8H3. The molecule has 0 radical (unpaired) electrons. The highest BCUT2D eigenvalue weighted by molar-refractivity contribution is 6.48. The van der Waals surface area contributed by atoms with Crippen molar-refractivity contribution in [2.75, 3.05) is 9.80 Å². The Kier molecular flexibility index (Phi) is 10.8. The molecular weight excluding hydrogens is 962 g/mol. The molecule has 348 valence electrons. The van der Waals surface area contributed by atoms with Crippen molar-refractivity contribution in [3.63, 3.8) is 0 Å². The number of hydrogen-bond acceptors (Lipinski definition) is 8. The van der Waals surface area contributed by atoms with Gasteiger partial charge in [0.2, 0.25) is 0 Å². The number of nitrogens with zero attached hydrogens (tertiary/aromatic N) is 6. The molecule has 4 heterocycles. The molecule has 2 aliphatic heterocycles. The van der Waals surface area contributed by atoms with E-state index in [4.69, 9.17) is 56.4 Å². The number of para-hydroxylation sites is 2. The van der Waals surface area contributed by atoms with Gasteiger partial charge in [0.25, 0.3) is 23.6 Å². The van der Waals surface area contributed by atoms with Gasteiger partial charge in [-0.25, -0.2) is 29.7 Å². The highest BCUT2D eigenvalue weighted by Gasteiger charge is 2.42. The second-order valence-electron chi connectivity index (χ2n) is 19.3. The lowest BCUT2D eigenvalue weighted by molar-refractivity contribution is 0.0877. The lowest BCUT2D eigenvalue weighted by Crippen LogP contribution is -2.42. The summed E-state index contributed by atoms with van der Waals surface area (Å²) >= 11 is 26.1. The Morgan fingerprint density at radius 1 is 0.386 bits per heavy atom. The van der Waals surface area contributed by atoms with Crippen LogP contribution in [0.15, 0.2) is 85.2 Å². The van der Waals surface area contributed by atoms with Crippen molar-refractivity contribution >= 4 is 124 Å². The van der Waals surface area contributed by atoms with Gasteiger partial charge in [-0.2, -0.15) is 0 Å². The molecule has 10 nitrogen and oxygen atoms in total. The maximum absolute atomic E-state index is 15.6. The van der Waals surface area contributed by atoms with Gasteiger partial charge in [-0.1, -0.05) is 150 Å². The molecular formula is C56H42Cl4N6O4. The maximum Gasteiger partial charge on any atom is 0.266 e. The van der Waals surface area contributed by atoms with Gasteiger partial charge in [0, 0.05) is 54.9 Å². The molecule has 0 saturated heterocycles. The average Bonchev–Trinajstić information content (AvgIpc) is 3.33. The van der Waals surface area contributed by atoms with Gasteiger partial charge in [-0.3, -0.25) is 19.2 Å². The number of rotatable bonds is 8. The molecule has 0 bridgehead atoms. The fraction of sp³-hybridized carbons (Fsp3) is 0.214. The van der Waals surface area contributed by atoms with E-state index >= 15 is 19.2 Å². The number of halogens is 4. The minimum absolute atomic E-state index is 0.0130. The molecule has 2 aromatic heterocycles. The Labute approximate surface area is 422 Å². The minimum Gasteiger partial charge on any atom is -0.268 e. The second kappa shape index (κ2) is 16.5. The van der Waals surface area contributed by atoms with Crippen molar-refractivity contribution in [3.05, 3.63) is 150 Å². The van der Waals surface area contributed by atoms with E-state index in [1.165, 1.54) is 22.2 Å². The van der Waals surface area contributed by atoms with E-state index in [0.29, 0.717) is 88.1 Å². The van der Waals surface area contributed by atoms with Crippen LogP contribution in [0.2, 0.25) is 20.6 Å². The summed E-state index contributed by atoms with van der Waals surface area (Å²) in [5.74, 6) is -2.09. The van der Waals surface area contributed by atoms with Gasteiger partial charge < -0.3 is 0 Å². The lowest BCUT2D eigenvalue weighted by Gasteiger charge is -2.34. The molecule has 0 fully saturated rings. The zero-order chi connectivity index (χ0) is 49.5. The third-order valence-electron chi connectivity index (χ3n) is 13.9. The van der Waals surface area contributed by atoms with Crippen LogP contribution in [0, 0.1) is 0 Å². The number of benzene rings is 7. The van der Waals surface area contributed by atoms with Gasteiger partial charge in [-0.15, -0.1) is 0 Å². The largest absolute Gasteiger partial charge is 0.268 e. The van der Waals surface area contributed by atoms with Gasteiger partial charge >= 0.3 is 0 Å². The van der Waals surface area contributed by atoms with E-state index in [1.807, 2.05) is 104 Å². The summed E-state index contributed by atoms with van der Waals surface area (Å²) in [6.07, 6.45) is 2.98. The second-order valence-corrected chi connectivity index (χ2v) is 20.7. The highest BCUT2D eigenvalue weighted by Crippen LogP contribution is 2.53. The smallest absolute Gasteiger partial charge is 0.266 e. The molecule has 70 heavy (non-hydrogen) atoms. The summed E-state index contributed by atoms with van der Waals surface area (Å²) in [6, 6.07) is 22.5. The number of imide groups is 2. The Balaban J connectivity index is 1.32. The molecule has 4 amide bonds.